The average Bonchev–Trinajstić information content (AvgIpc) is 2.45. The zero-order chi connectivity index (χ0) is 10.8. The second kappa shape index (κ2) is 3.93. The zero-order valence-electron chi connectivity index (χ0n) is 9.12. The van der Waals surface area contributed by atoms with Crippen LogP contribution in [0.1, 0.15) is 26.2 Å². The van der Waals surface area contributed by atoms with Crippen LogP contribution in [-0.4, -0.2) is 17.9 Å². The van der Waals surface area contributed by atoms with Crippen molar-refractivity contribution in [2.45, 2.75) is 26.2 Å². The van der Waals surface area contributed by atoms with Gasteiger partial charge in [0.1, 0.15) is 0 Å². The molecule has 2 rings (SSSR count). The van der Waals surface area contributed by atoms with Crippen LogP contribution in [0.4, 0.5) is 0 Å². The van der Waals surface area contributed by atoms with Crippen LogP contribution in [0.25, 0.3) is 0 Å². The fourth-order valence-electron chi connectivity index (χ4n) is 1.74. The molecule has 2 aliphatic rings. The van der Waals surface area contributed by atoms with Gasteiger partial charge in [-0.1, -0.05) is 0 Å². The molecule has 0 spiro atoms. The molecule has 0 radical (unpaired) electrons. The van der Waals surface area contributed by atoms with Gasteiger partial charge in [0.2, 0.25) is 0 Å². The quantitative estimate of drug-likeness (QED) is 0.658. The highest BCUT2D eigenvalue weighted by Gasteiger charge is 2.14. The van der Waals surface area contributed by atoms with Crippen LogP contribution >= 0.6 is 0 Å². The highest BCUT2D eigenvalue weighted by Crippen LogP contribution is 2.23. The van der Waals surface area contributed by atoms with Crippen molar-refractivity contribution in [1.82, 2.24) is 5.06 Å². The number of allylic oxidation sites excluding steroid dienone is 5. The maximum atomic E-state index is 11.2. The second-order valence-corrected chi connectivity index (χ2v) is 3.96. The molecule has 0 unspecified atom stereocenters. The van der Waals surface area contributed by atoms with E-state index in [0.29, 0.717) is 6.42 Å². The van der Waals surface area contributed by atoms with E-state index in [9.17, 15) is 4.79 Å². The fourth-order valence-corrected chi connectivity index (χ4v) is 1.74. The Hall–Kier alpha value is -1.51. The number of hydrogen-bond acceptors (Lipinski definition) is 3. The molecule has 3 nitrogen and oxygen atoms in total. The van der Waals surface area contributed by atoms with Crippen LogP contribution in [0.15, 0.2) is 35.3 Å². The van der Waals surface area contributed by atoms with Gasteiger partial charge in [-0.2, -0.15) is 0 Å². The lowest BCUT2D eigenvalue weighted by Crippen LogP contribution is -2.09. The van der Waals surface area contributed by atoms with Crippen molar-refractivity contribution >= 4 is 5.78 Å². The number of hydrogen-bond donors (Lipinski definition) is 0. The second-order valence-electron chi connectivity index (χ2n) is 3.96. The summed E-state index contributed by atoms with van der Waals surface area (Å²) in [5.41, 5.74) is 2.14. The van der Waals surface area contributed by atoms with Crippen molar-refractivity contribution in [3.8, 4) is 0 Å². The van der Waals surface area contributed by atoms with E-state index < -0.39 is 0 Å². The van der Waals surface area contributed by atoms with Gasteiger partial charge in [-0.15, -0.1) is 0 Å². The van der Waals surface area contributed by atoms with E-state index >= 15 is 0 Å². The molecule has 0 aromatic rings. The summed E-state index contributed by atoms with van der Waals surface area (Å²) in [6.45, 7) is 1.99. The minimum atomic E-state index is 0.222. The molecule has 0 fully saturated rings. The molecule has 1 heterocycles. The molecular weight excluding hydrogens is 190 g/mol. The first-order valence-corrected chi connectivity index (χ1v) is 5.20. The molecule has 0 bridgehead atoms. The first-order valence-electron chi connectivity index (χ1n) is 5.20. The summed E-state index contributed by atoms with van der Waals surface area (Å²) in [6.07, 6.45) is 8.25. The Morgan fingerprint density at radius 2 is 2.20 bits per heavy atom. The van der Waals surface area contributed by atoms with Crippen LogP contribution in [0.2, 0.25) is 0 Å². The third-order valence-electron chi connectivity index (χ3n) is 2.65. The van der Waals surface area contributed by atoms with Gasteiger partial charge in [0.25, 0.3) is 0 Å². The van der Waals surface area contributed by atoms with Crippen molar-refractivity contribution in [2.24, 2.45) is 0 Å². The summed E-state index contributed by atoms with van der Waals surface area (Å²) in [7, 11) is 1.87. The number of nitrogens with zero attached hydrogens (tertiary/aromatic N) is 1. The van der Waals surface area contributed by atoms with Crippen LogP contribution in [0, 0.1) is 0 Å². The van der Waals surface area contributed by atoms with E-state index in [2.05, 4.69) is 0 Å². The van der Waals surface area contributed by atoms with Crippen molar-refractivity contribution < 1.29 is 9.63 Å². The molecule has 0 N–H and O–H groups in total. The largest absolute Gasteiger partial charge is 0.380 e. The van der Waals surface area contributed by atoms with Gasteiger partial charge < -0.3 is 4.84 Å². The lowest BCUT2D eigenvalue weighted by Gasteiger charge is -2.12. The van der Waals surface area contributed by atoms with E-state index in [-0.39, 0.29) is 5.78 Å². The molecule has 0 aromatic carbocycles. The van der Waals surface area contributed by atoms with Gasteiger partial charge in [-0.05, 0) is 37.5 Å². The predicted octanol–water partition coefficient (Wildman–Crippen LogP) is 2.33. The van der Waals surface area contributed by atoms with E-state index in [1.165, 1.54) is 0 Å². The third-order valence-corrected chi connectivity index (χ3v) is 2.65. The lowest BCUT2D eigenvalue weighted by molar-refractivity contribution is -0.115. The Bertz CT molecular complexity index is 377. The number of carbonyl (C=O) groups excluding carboxylic acids is 1. The van der Waals surface area contributed by atoms with Gasteiger partial charge in [0.05, 0.1) is 5.70 Å². The standard InChI is InChI=1S/C12H15NO2/c1-9-6-12(15-13(9)2)8-10-4-3-5-11(14)7-10/h6-8H,3-5H2,1-2H3/b12-8+. The molecule has 0 atom stereocenters. The molecule has 80 valence electrons. The fraction of sp³-hybridized carbons (Fsp3) is 0.417. The van der Waals surface area contributed by atoms with E-state index in [4.69, 9.17) is 4.84 Å². The lowest BCUT2D eigenvalue weighted by atomic mass is 9.98. The highest BCUT2D eigenvalue weighted by atomic mass is 16.7. The number of carbonyl (C=O) groups is 1. The maximum Gasteiger partial charge on any atom is 0.157 e. The Kier molecular flexibility index (Phi) is 2.62. The molecule has 1 aliphatic heterocycles. The summed E-state index contributed by atoms with van der Waals surface area (Å²) in [6, 6.07) is 0. The van der Waals surface area contributed by atoms with Crippen molar-refractivity contribution in [3.05, 3.63) is 35.3 Å². The monoisotopic (exact) mass is 205 g/mol. The summed E-state index contributed by atoms with van der Waals surface area (Å²) in [5, 5.41) is 1.72. The smallest absolute Gasteiger partial charge is 0.157 e. The first kappa shape index (κ1) is 10.0. The topological polar surface area (TPSA) is 29.5 Å². The van der Waals surface area contributed by atoms with Gasteiger partial charge in [0, 0.05) is 19.5 Å². The molecule has 0 amide bonds. The SMILES string of the molecule is CC1=C/C(=C\C2=CC(=O)CCC2)ON1C. The van der Waals surface area contributed by atoms with Crippen molar-refractivity contribution in [2.75, 3.05) is 7.05 Å². The Morgan fingerprint density at radius 1 is 1.40 bits per heavy atom. The molecule has 0 saturated carbocycles. The molecule has 3 heteroatoms. The zero-order valence-corrected chi connectivity index (χ0v) is 9.12. The summed E-state index contributed by atoms with van der Waals surface area (Å²) >= 11 is 0. The third kappa shape index (κ3) is 2.29. The van der Waals surface area contributed by atoms with Gasteiger partial charge in [-0.25, -0.2) is 5.06 Å². The van der Waals surface area contributed by atoms with Crippen LogP contribution < -0.4 is 0 Å². The molecule has 1 aliphatic carbocycles. The van der Waals surface area contributed by atoms with Gasteiger partial charge in [0.15, 0.2) is 11.5 Å². The molecule has 15 heavy (non-hydrogen) atoms. The Labute approximate surface area is 89.7 Å². The van der Waals surface area contributed by atoms with E-state index in [0.717, 1.165) is 29.9 Å². The van der Waals surface area contributed by atoms with Crippen LogP contribution in [-0.2, 0) is 9.63 Å². The van der Waals surface area contributed by atoms with E-state index in [1.54, 1.807) is 11.1 Å². The summed E-state index contributed by atoms with van der Waals surface area (Å²) in [4.78, 5) is 16.7. The van der Waals surface area contributed by atoms with Crippen LogP contribution in [0.3, 0.4) is 0 Å². The maximum absolute atomic E-state index is 11.2. The highest BCUT2D eigenvalue weighted by molar-refractivity contribution is 5.91. The van der Waals surface area contributed by atoms with Crippen molar-refractivity contribution in [1.29, 1.82) is 0 Å². The number of ketones is 1. The first-order chi connectivity index (χ1) is 7.15. The van der Waals surface area contributed by atoms with Gasteiger partial charge in [-0.3, -0.25) is 4.79 Å². The number of rotatable bonds is 1. The summed E-state index contributed by atoms with van der Waals surface area (Å²) < 4.78 is 0. The normalized spacial score (nSPS) is 24.0. The minimum absolute atomic E-state index is 0.222. The number of hydroxylamine groups is 2. The molecule has 0 saturated heterocycles. The van der Waals surface area contributed by atoms with E-state index in [1.807, 2.05) is 26.1 Å². The van der Waals surface area contributed by atoms with Crippen molar-refractivity contribution in [3.63, 3.8) is 0 Å². The Balaban J connectivity index is 2.14. The van der Waals surface area contributed by atoms with Crippen LogP contribution in [0.5, 0.6) is 0 Å². The Morgan fingerprint density at radius 3 is 2.80 bits per heavy atom. The minimum Gasteiger partial charge on any atom is -0.380 e. The predicted molar refractivity (Wildman–Crippen MR) is 57.6 cm³/mol. The molecular formula is C12H15NO2. The average molecular weight is 205 g/mol. The van der Waals surface area contributed by atoms with Gasteiger partial charge >= 0.3 is 0 Å². The molecule has 0 aromatic heterocycles. The summed E-state index contributed by atoms with van der Waals surface area (Å²) in [5.74, 6) is 1.04.